The number of tetrazole rings is 1. The summed E-state index contributed by atoms with van der Waals surface area (Å²) in [6.45, 7) is 7.92. The molecular weight excluding hydrogens is 336 g/mol. The van der Waals surface area contributed by atoms with Crippen molar-refractivity contribution in [3.05, 3.63) is 29.8 Å². The smallest absolute Gasteiger partial charge is 0.235 e. The molecule has 0 radical (unpaired) electrons. The molecule has 0 bridgehead atoms. The van der Waals surface area contributed by atoms with Crippen LogP contribution in [0.25, 0.3) is 5.69 Å². The lowest BCUT2D eigenvalue weighted by Gasteiger charge is -2.59. The molecule has 25 heavy (non-hydrogen) atoms. The minimum absolute atomic E-state index is 0.170. The normalized spacial score (nSPS) is 20.2. The summed E-state index contributed by atoms with van der Waals surface area (Å²) in [5.41, 5.74) is 2.41. The van der Waals surface area contributed by atoms with Crippen molar-refractivity contribution < 1.29 is 4.79 Å². The summed E-state index contributed by atoms with van der Waals surface area (Å²) < 4.78 is 1.69. The number of likely N-dealkylation sites (tertiary alicyclic amines) is 2. The lowest BCUT2D eigenvalue weighted by molar-refractivity contribution is -0.155. The second kappa shape index (κ2) is 6.10. The molecule has 1 atom stereocenters. The first kappa shape index (κ1) is 16.5. The van der Waals surface area contributed by atoms with Gasteiger partial charge in [0.15, 0.2) is 0 Å². The van der Waals surface area contributed by atoms with Crippen molar-refractivity contribution >= 4 is 17.7 Å². The van der Waals surface area contributed by atoms with E-state index in [-0.39, 0.29) is 11.2 Å². The third kappa shape index (κ3) is 3.04. The van der Waals surface area contributed by atoms with Crippen molar-refractivity contribution in [2.45, 2.75) is 24.3 Å². The molecule has 3 heterocycles. The number of hydrogen-bond acceptors (Lipinski definition) is 6. The van der Waals surface area contributed by atoms with Crippen molar-refractivity contribution in [1.29, 1.82) is 0 Å². The maximum absolute atomic E-state index is 12.7. The maximum Gasteiger partial charge on any atom is 0.235 e. The number of hydrogen-bond donors (Lipinski definition) is 0. The Morgan fingerprint density at radius 2 is 2.04 bits per heavy atom. The van der Waals surface area contributed by atoms with Crippen molar-refractivity contribution in [3.8, 4) is 5.69 Å². The molecule has 1 aromatic heterocycles. The molecule has 2 saturated heterocycles. The fraction of sp³-hybridized carbons (Fsp3) is 0.529. The second-order valence-electron chi connectivity index (χ2n) is 7.34. The van der Waals surface area contributed by atoms with Crippen molar-refractivity contribution in [2.75, 3.05) is 33.2 Å². The van der Waals surface area contributed by atoms with E-state index in [9.17, 15) is 4.79 Å². The maximum atomic E-state index is 12.7. The van der Waals surface area contributed by atoms with Gasteiger partial charge in [-0.2, -0.15) is 4.68 Å². The Balaban J connectivity index is 1.41. The molecule has 2 aliphatic heterocycles. The molecule has 2 fully saturated rings. The highest BCUT2D eigenvalue weighted by Crippen LogP contribution is 2.39. The molecule has 1 spiro atoms. The Morgan fingerprint density at radius 3 is 2.72 bits per heavy atom. The van der Waals surface area contributed by atoms with Gasteiger partial charge < -0.3 is 9.80 Å². The zero-order valence-electron chi connectivity index (χ0n) is 14.7. The number of rotatable bonds is 4. The summed E-state index contributed by atoms with van der Waals surface area (Å²) in [7, 11) is 2.12. The summed E-state index contributed by atoms with van der Waals surface area (Å²) in [5.74, 6) is 0.170. The highest BCUT2D eigenvalue weighted by atomic mass is 32.2. The van der Waals surface area contributed by atoms with Crippen LogP contribution in [0.4, 0.5) is 0 Å². The molecule has 1 unspecified atom stereocenters. The third-order valence-electron chi connectivity index (χ3n) is 4.89. The fourth-order valence-electron chi connectivity index (χ4n) is 3.86. The van der Waals surface area contributed by atoms with E-state index in [2.05, 4.69) is 27.5 Å². The summed E-state index contributed by atoms with van der Waals surface area (Å²) in [5, 5.41) is 12.4. The molecule has 8 heteroatoms. The lowest BCUT2D eigenvalue weighted by atomic mass is 9.73. The Hall–Kier alpha value is -1.93. The van der Waals surface area contributed by atoms with E-state index < -0.39 is 0 Å². The Labute approximate surface area is 151 Å². The Bertz CT molecular complexity index is 792. The van der Waals surface area contributed by atoms with Gasteiger partial charge in [0.1, 0.15) is 0 Å². The summed E-state index contributed by atoms with van der Waals surface area (Å²) in [4.78, 5) is 16.9. The van der Waals surface area contributed by atoms with E-state index in [1.165, 1.54) is 11.8 Å². The average Bonchev–Trinajstić information content (AvgIpc) is 2.97. The van der Waals surface area contributed by atoms with Gasteiger partial charge in [-0.15, -0.1) is 5.10 Å². The predicted molar refractivity (Wildman–Crippen MR) is 95.7 cm³/mol. The largest absolute Gasteiger partial charge is 0.340 e. The van der Waals surface area contributed by atoms with E-state index in [1.807, 2.05) is 43.0 Å². The van der Waals surface area contributed by atoms with E-state index in [0.29, 0.717) is 10.6 Å². The molecule has 4 rings (SSSR count). The molecule has 1 aromatic carbocycles. The summed E-state index contributed by atoms with van der Waals surface area (Å²) >= 11 is 1.41. The third-order valence-corrected chi connectivity index (χ3v) is 5.91. The lowest BCUT2D eigenvalue weighted by Crippen LogP contribution is -2.72. The standard InChI is InChI=1S/C17H22N6OS/c1-12-5-4-6-14(7-12)23-16(18-19-20-23)25-13(2)15(24)22-10-17(11-22)8-21(3)9-17/h4-7,13H,8-11H2,1-3H3. The van der Waals surface area contributed by atoms with Gasteiger partial charge >= 0.3 is 0 Å². The number of carbonyl (C=O) groups excluding carboxylic acids is 1. The number of aromatic nitrogens is 4. The van der Waals surface area contributed by atoms with Gasteiger partial charge in [0.2, 0.25) is 11.1 Å². The first-order valence-electron chi connectivity index (χ1n) is 8.45. The highest BCUT2D eigenvalue weighted by molar-refractivity contribution is 8.00. The van der Waals surface area contributed by atoms with Crippen LogP contribution in [-0.4, -0.2) is 74.4 Å². The molecule has 0 saturated carbocycles. The molecule has 0 N–H and O–H groups in total. The number of thioether (sulfide) groups is 1. The zero-order valence-corrected chi connectivity index (χ0v) is 15.5. The summed E-state index contributed by atoms with van der Waals surface area (Å²) in [6.07, 6.45) is 0. The number of nitrogens with zero attached hydrogens (tertiary/aromatic N) is 6. The molecular formula is C17H22N6OS. The molecule has 132 valence electrons. The van der Waals surface area contributed by atoms with Gasteiger partial charge in [0.25, 0.3) is 0 Å². The molecule has 7 nitrogen and oxygen atoms in total. The van der Waals surface area contributed by atoms with Crippen molar-refractivity contribution in [1.82, 2.24) is 30.0 Å². The number of aryl methyl sites for hydroxylation is 1. The van der Waals surface area contributed by atoms with E-state index in [0.717, 1.165) is 37.4 Å². The molecule has 2 aliphatic rings. The van der Waals surface area contributed by atoms with E-state index in [1.54, 1.807) is 4.68 Å². The SMILES string of the molecule is Cc1cccc(-n2nnnc2SC(C)C(=O)N2CC3(CN(C)C3)C2)c1. The first-order chi connectivity index (χ1) is 12.0. The van der Waals surface area contributed by atoms with E-state index >= 15 is 0 Å². The van der Waals surface area contributed by atoms with Crippen LogP contribution in [0, 0.1) is 12.3 Å². The molecule has 1 amide bonds. The van der Waals surface area contributed by atoms with Gasteiger partial charge in [-0.3, -0.25) is 4.79 Å². The van der Waals surface area contributed by atoms with Crippen molar-refractivity contribution in [2.24, 2.45) is 5.41 Å². The number of benzene rings is 1. The van der Waals surface area contributed by atoms with Gasteiger partial charge in [-0.1, -0.05) is 23.9 Å². The van der Waals surface area contributed by atoms with Gasteiger partial charge in [-0.25, -0.2) is 0 Å². The van der Waals surface area contributed by atoms with Crippen LogP contribution < -0.4 is 0 Å². The van der Waals surface area contributed by atoms with Crippen LogP contribution in [0.2, 0.25) is 0 Å². The van der Waals surface area contributed by atoms with Crippen LogP contribution in [0.1, 0.15) is 12.5 Å². The quantitative estimate of drug-likeness (QED) is 0.766. The van der Waals surface area contributed by atoms with Gasteiger partial charge in [0, 0.05) is 31.6 Å². The Kier molecular flexibility index (Phi) is 4.04. The van der Waals surface area contributed by atoms with Crippen molar-refractivity contribution in [3.63, 3.8) is 0 Å². The van der Waals surface area contributed by atoms with Crippen LogP contribution in [0.5, 0.6) is 0 Å². The number of amides is 1. The van der Waals surface area contributed by atoms with Gasteiger partial charge in [0.05, 0.1) is 10.9 Å². The predicted octanol–water partition coefficient (Wildman–Crippen LogP) is 1.23. The van der Waals surface area contributed by atoms with Crippen LogP contribution >= 0.6 is 11.8 Å². The highest BCUT2D eigenvalue weighted by Gasteiger charge is 2.52. The minimum atomic E-state index is -0.204. The minimum Gasteiger partial charge on any atom is -0.340 e. The number of carbonyl (C=O) groups is 1. The fourth-order valence-corrected chi connectivity index (χ4v) is 4.75. The summed E-state index contributed by atoms with van der Waals surface area (Å²) in [6, 6.07) is 8.00. The topological polar surface area (TPSA) is 67.2 Å². The van der Waals surface area contributed by atoms with Gasteiger partial charge in [-0.05, 0) is 49.0 Å². The van der Waals surface area contributed by atoms with Crippen LogP contribution in [-0.2, 0) is 4.79 Å². The second-order valence-corrected chi connectivity index (χ2v) is 8.65. The van der Waals surface area contributed by atoms with E-state index in [4.69, 9.17) is 0 Å². The van der Waals surface area contributed by atoms with Crippen LogP contribution in [0.15, 0.2) is 29.4 Å². The molecule has 0 aliphatic carbocycles. The Morgan fingerprint density at radius 1 is 1.28 bits per heavy atom. The molecule has 2 aromatic rings. The van der Waals surface area contributed by atoms with Crippen LogP contribution in [0.3, 0.4) is 0 Å². The first-order valence-corrected chi connectivity index (χ1v) is 9.33. The zero-order chi connectivity index (χ0) is 17.6. The average molecular weight is 358 g/mol. The monoisotopic (exact) mass is 358 g/mol.